The molecule has 2 atom stereocenters. The van der Waals surface area contributed by atoms with Crippen molar-refractivity contribution >= 4 is 11.9 Å². The van der Waals surface area contributed by atoms with Crippen molar-refractivity contribution in [3.8, 4) is 0 Å². The minimum absolute atomic E-state index is 0.105. The van der Waals surface area contributed by atoms with Crippen molar-refractivity contribution in [1.29, 1.82) is 0 Å². The molecule has 1 aromatic heterocycles. The van der Waals surface area contributed by atoms with Gasteiger partial charge in [-0.1, -0.05) is 6.07 Å². The lowest BCUT2D eigenvalue weighted by Crippen LogP contribution is -2.54. The highest BCUT2D eigenvalue weighted by molar-refractivity contribution is 5.78. The van der Waals surface area contributed by atoms with Gasteiger partial charge in [0.1, 0.15) is 0 Å². The molecule has 28 heavy (non-hydrogen) atoms. The van der Waals surface area contributed by atoms with Gasteiger partial charge in [-0.3, -0.25) is 14.7 Å². The lowest BCUT2D eigenvalue weighted by Gasteiger charge is -2.39. The number of pyridine rings is 1. The molecule has 7 heteroatoms. The van der Waals surface area contributed by atoms with E-state index in [1.807, 2.05) is 13.1 Å². The molecule has 3 amide bonds. The molecule has 0 aliphatic carbocycles. The monoisotopic (exact) mass is 387 g/mol. The lowest BCUT2D eigenvalue weighted by atomic mass is 9.97. The summed E-state index contributed by atoms with van der Waals surface area (Å²) in [5, 5.41) is 6.10. The molecular formula is C21H33N5O2. The molecule has 0 saturated carbocycles. The highest BCUT2D eigenvalue weighted by atomic mass is 16.2. The molecule has 0 radical (unpaired) electrons. The second-order valence-electron chi connectivity index (χ2n) is 8.44. The standard InChI is InChI=1S/C21H33N5O2/c1-14-9-15(2)19(23-12-14)7-8-22-21(28)24-16-10-17-5-6-18(11-16)26(17)13-20(27)25(3)4/h9,12,16-18H,5-8,10-11,13H2,1-4H3,(H2,22,24,28). The van der Waals surface area contributed by atoms with Crippen molar-refractivity contribution in [2.75, 3.05) is 27.2 Å². The van der Waals surface area contributed by atoms with Crippen molar-refractivity contribution in [1.82, 2.24) is 25.4 Å². The third-order valence-electron chi connectivity index (χ3n) is 6.01. The van der Waals surface area contributed by atoms with E-state index in [1.54, 1.807) is 19.0 Å². The zero-order chi connectivity index (χ0) is 20.3. The van der Waals surface area contributed by atoms with Crippen molar-refractivity contribution in [3.05, 3.63) is 29.1 Å². The van der Waals surface area contributed by atoms with Crippen LogP contribution in [0.1, 0.15) is 42.5 Å². The van der Waals surface area contributed by atoms with E-state index in [-0.39, 0.29) is 18.0 Å². The summed E-state index contributed by atoms with van der Waals surface area (Å²) in [7, 11) is 3.60. The smallest absolute Gasteiger partial charge is 0.315 e. The summed E-state index contributed by atoms with van der Waals surface area (Å²) in [6.45, 7) is 5.15. The normalized spacial score (nSPS) is 24.1. The van der Waals surface area contributed by atoms with Gasteiger partial charge in [0.2, 0.25) is 5.91 Å². The van der Waals surface area contributed by atoms with Gasteiger partial charge in [0.25, 0.3) is 0 Å². The summed E-state index contributed by atoms with van der Waals surface area (Å²) in [4.78, 5) is 32.8. The highest BCUT2D eigenvalue weighted by Crippen LogP contribution is 2.35. The van der Waals surface area contributed by atoms with Gasteiger partial charge in [0, 0.05) is 57.1 Å². The number of fused-ring (bicyclic) bond motifs is 2. The number of hydrogen-bond acceptors (Lipinski definition) is 4. The van der Waals surface area contributed by atoms with Gasteiger partial charge < -0.3 is 15.5 Å². The molecule has 2 saturated heterocycles. The average Bonchev–Trinajstić information content (AvgIpc) is 2.86. The SMILES string of the molecule is Cc1cnc(CCNC(=O)NC2CC3CCC(C2)N3CC(=O)N(C)C)c(C)c1. The number of nitrogens with zero attached hydrogens (tertiary/aromatic N) is 3. The van der Waals surface area contributed by atoms with E-state index in [4.69, 9.17) is 0 Å². The second-order valence-corrected chi connectivity index (χ2v) is 8.44. The number of carbonyl (C=O) groups is 2. The minimum atomic E-state index is -0.105. The van der Waals surface area contributed by atoms with E-state index >= 15 is 0 Å². The van der Waals surface area contributed by atoms with Crippen LogP contribution >= 0.6 is 0 Å². The van der Waals surface area contributed by atoms with Crippen molar-refractivity contribution in [3.63, 3.8) is 0 Å². The molecule has 2 bridgehead atoms. The number of hydrogen-bond donors (Lipinski definition) is 2. The maximum absolute atomic E-state index is 12.3. The van der Waals surface area contributed by atoms with E-state index in [0.29, 0.717) is 25.2 Å². The summed E-state index contributed by atoms with van der Waals surface area (Å²) in [6.07, 6.45) is 6.67. The fourth-order valence-corrected chi connectivity index (χ4v) is 4.48. The third kappa shape index (κ3) is 5.01. The Morgan fingerprint density at radius 1 is 1.21 bits per heavy atom. The number of aromatic nitrogens is 1. The molecule has 2 N–H and O–H groups in total. The molecule has 2 aliphatic rings. The lowest BCUT2D eigenvalue weighted by molar-refractivity contribution is -0.131. The third-order valence-corrected chi connectivity index (χ3v) is 6.01. The van der Waals surface area contributed by atoms with Crippen LogP contribution in [0.15, 0.2) is 12.3 Å². The maximum atomic E-state index is 12.3. The number of piperidine rings is 1. The largest absolute Gasteiger partial charge is 0.348 e. The van der Waals surface area contributed by atoms with Crippen molar-refractivity contribution in [2.45, 2.75) is 64.1 Å². The topological polar surface area (TPSA) is 77.6 Å². The van der Waals surface area contributed by atoms with E-state index < -0.39 is 0 Å². The highest BCUT2D eigenvalue weighted by Gasteiger charge is 2.41. The minimum Gasteiger partial charge on any atom is -0.348 e. The van der Waals surface area contributed by atoms with Crippen molar-refractivity contribution < 1.29 is 9.59 Å². The van der Waals surface area contributed by atoms with Crippen LogP contribution in [0.5, 0.6) is 0 Å². The Bertz CT molecular complexity index is 707. The number of urea groups is 1. The Morgan fingerprint density at radius 3 is 2.50 bits per heavy atom. The van der Waals surface area contributed by atoms with Crippen LogP contribution in [0.2, 0.25) is 0 Å². The number of aryl methyl sites for hydroxylation is 2. The van der Waals surface area contributed by atoms with Gasteiger partial charge in [0.05, 0.1) is 6.54 Å². The fraction of sp³-hybridized carbons (Fsp3) is 0.667. The van der Waals surface area contributed by atoms with Crippen LogP contribution in [0, 0.1) is 13.8 Å². The average molecular weight is 388 g/mol. The number of nitrogens with one attached hydrogen (secondary N) is 2. The zero-order valence-electron chi connectivity index (χ0n) is 17.5. The van der Waals surface area contributed by atoms with Gasteiger partial charge in [0.15, 0.2) is 0 Å². The first-order valence-corrected chi connectivity index (χ1v) is 10.3. The first kappa shape index (κ1) is 20.6. The molecule has 3 heterocycles. The Labute approximate surface area is 167 Å². The number of likely N-dealkylation sites (N-methyl/N-ethyl adjacent to an activating group) is 1. The van der Waals surface area contributed by atoms with E-state index in [1.165, 1.54) is 5.56 Å². The first-order valence-electron chi connectivity index (χ1n) is 10.3. The number of amides is 3. The fourth-order valence-electron chi connectivity index (χ4n) is 4.48. The number of rotatable bonds is 6. The zero-order valence-corrected chi connectivity index (χ0v) is 17.5. The molecular weight excluding hydrogens is 354 g/mol. The van der Waals surface area contributed by atoms with Crippen LogP contribution in [0.4, 0.5) is 4.79 Å². The summed E-state index contributed by atoms with van der Waals surface area (Å²) in [6, 6.07) is 2.99. The molecule has 3 rings (SSSR count). The quantitative estimate of drug-likeness (QED) is 0.778. The molecule has 0 spiro atoms. The van der Waals surface area contributed by atoms with Crippen LogP contribution in [-0.4, -0.2) is 72.0 Å². The predicted octanol–water partition coefficient (Wildman–Crippen LogP) is 1.62. The molecule has 0 aromatic carbocycles. The van der Waals surface area contributed by atoms with Gasteiger partial charge >= 0.3 is 6.03 Å². The second kappa shape index (κ2) is 8.90. The Morgan fingerprint density at radius 2 is 1.89 bits per heavy atom. The van der Waals surface area contributed by atoms with Gasteiger partial charge in [-0.25, -0.2) is 4.79 Å². The predicted molar refractivity (Wildman–Crippen MR) is 109 cm³/mol. The Balaban J connectivity index is 1.43. The van der Waals surface area contributed by atoms with Crippen LogP contribution in [-0.2, 0) is 11.2 Å². The summed E-state index contributed by atoms with van der Waals surface area (Å²) >= 11 is 0. The van der Waals surface area contributed by atoms with Gasteiger partial charge in [-0.05, 0) is 50.7 Å². The van der Waals surface area contributed by atoms with E-state index in [2.05, 4.69) is 33.5 Å². The summed E-state index contributed by atoms with van der Waals surface area (Å²) in [5.74, 6) is 0.154. The van der Waals surface area contributed by atoms with Crippen LogP contribution < -0.4 is 10.6 Å². The van der Waals surface area contributed by atoms with Crippen LogP contribution in [0.3, 0.4) is 0 Å². The van der Waals surface area contributed by atoms with Gasteiger partial charge in [-0.2, -0.15) is 0 Å². The molecule has 2 aliphatic heterocycles. The summed E-state index contributed by atoms with van der Waals surface area (Å²) in [5.41, 5.74) is 3.35. The molecule has 7 nitrogen and oxygen atoms in total. The van der Waals surface area contributed by atoms with E-state index in [9.17, 15) is 9.59 Å². The Kier molecular flexibility index (Phi) is 6.54. The molecule has 2 unspecified atom stereocenters. The van der Waals surface area contributed by atoms with Crippen LogP contribution in [0.25, 0.3) is 0 Å². The molecule has 2 fully saturated rings. The maximum Gasteiger partial charge on any atom is 0.315 e. The van der Waals surface area contributed by atoms with Gasteiger partial charge in [-0.15, -0.1) is 0 Å². The molecule has 154 valence electrons. The Hall–Kier alpha value is -2.15. The number of carbonyl (C=O) groups excluding carboxylic acids is 2. The molecule has 1 aromatic rings. The van der Waals surface area contributed by atoms with E-state index in [0.717, 1.165) is 43.4 Å². The summed E-state index contributed by atoms with van der Waals surface area (Å²) < 4.78 is 0. The first-order chi connectivity index (χ1) is 13.3. The van der Waals surface area contributed by atoms with Crippen molar-refractivity contribution in [2.24, 2.45) is 0 Å².